The van der Waals surface area contributed by atoms with E-state index in [2.05, 4.69) is 20.9 Å². The first-order chi connectivity index (χ1) is 7.11. The van der Waals surface area contributed by atoms with Crippen LogP contribution in [0.1, 0.15) is 0 Å². The Balaban J connectivity index is 0.00000128. The van der Waals surface area contributed by atoms with Crippen molar-refractivity contribution in [3.05, 3.63) is 39.0 Å². The van der Waals surface area contributed by atoms with Crippen LogP contribution in [0.25, 0.3) is 10.9 Å². The molecular formula is C9H5BrCuN2O3+2. The van der Waals surface area contributed by atoms with Gasteiger partial charge in [-0.1, -0.05) is 0 Å². The van der Waals surface area contributed by atoms with Crippen molar-refractivity contribution in [2.75, 3.05) is 0 Å². The Kier molecular flexibility index (Phi) is 3.85. The number of pyridine rings is 1. The van der Waals surface area contributed by atoms with Crippen LogP contribution in [0.5, 0.6) is 5.75 Å². The summed E-state index contributed by atoms with van der Waals surface area (Å²) in [7, 11) is 0. The van der Waals surface area contributed by atoms with Crippen molar-refractivity contribution in [1.82, 2.24) is 4.98 Å². The summed E-state index contributed by atoms with van der Waals surface area (Å²) in [5, 5.41) is 20.9. The van der Waals surface area contributed by atoms with Gasteiger partial charge in [0.1, 0.15) is 5.52 Å². The van der Waals surface area contributed by atoms with Crippen molar-refractivity contribution in [2.24, 2.45) is 0 Å². The number of aromatic hydroxyl groups is 1. The molecule has 2 aromatic rings. The zero-order valence-electron chi connectivity index (χ0n) is 7.65. The minimum atomic E-state index is -0.645. The van der Waals surface area contributed by atoms with Crippen molar-refractivity contribution in [1.29, 1.82) is 0 Å². The Bertz CT molecular complexity index is 562. The minimum Gasteiger partial charge on any atom is -0.501 e. The maximum atomic E-state index is 10.6. The van der Waals surface area contributed by atoms with E-state index < -0.39 is 10.7 Å². The summed E-state index contributed by atoms with van der Waals surface area (Å²) in [6, 6.07) is 4.67. The molecule has 0 aliphatic rings. The SMILES string of the molecule is O=[N+]([O-])c1cc(Br)c2cccnc2c1O.[Cu+2]. The first-order valence-electron chi connectivity index (χ1n) is 4.02. The van der Waals surface area contributed by atoms with Crippen LogP contribution in [0, 0.1) is 10.1 Å². The topological polar surface area (TPSA) is 76.3 Å². The third kappa shape index (κ3) is 2.02. The fourth-order valence-electron chi connectivity index (χ4n) is 1.31. The number of aromatic nitrogens is 1. The summed E-state index contributed by atoms with van der Waals surface area (Å²) >= 11 is 3.19. The largest absolute Gasteiger partial charge is 2.00 e. The summed E-state index contributed by atoms with van der Waals surface area (Å²) in [4.78, 5) is 13.9. The Labute approximate surface area is 109 Å². The van der Waals surface area contributed by atoms with E-state index in [1.54, 1.807) is 12.1 Å². The molecule has 5 nitrogen and oxygen atoms in total. The maximum absolute atomic E-state index is 10.6. The monoisotopic (exact) mass is 331 g/mol. The number of nitro groups is 1. The molecule has 16 heavy (non-hydrogen) atoms. The van der Waals surface area contributed by atoms with E-state index in [9.17, 15) is 15.2 Å². The van der Waals surface area contributed by atoms with Gasteiger partial charge in [-0.25, -0.2) is 0 Å². The molecule has 0 saturated carbocycles. The van der Waals surface area contributed by atoms with E-state index in [1.165, 1.54) is 12.3 Å². The van der Waals surface area contributed by atoms with Crippen LogP contribution in [0.2, 0.25) is 0 Å². The van der Waals surface area contributed by atoms with E-state index in [0.29, 0.717) is 9.86 Å². The number of hydrogen-bond donors (Lipinski definition) is 1. The molecule has 0 atom stereocenters. The van der Waals surface area contributed by atoms with Gasteiger partial charge in [-0.15, -0.1) is 0 Å². The number of nitro benzene ring substituents is 1. The molecule has 0 amide bonds. The molecule has 0 aliphatic heterocycles. The van der Waals surface area contributed by atoms with Crippen molar-refractivity contribution < 1.29 is 27.1 Å². The molecule has 0 bridgehead atoms. The first-order valence-corrected chi connectivity index (χ1v) is 4.81. The molecule has 7 heteroatoms. The van der Waals surface area contributed by atoms with Crippen molar-refractivity contribution >= 4 is 32.5 Å². The molecule has 1 aromatic carbocycles. The molecule has 1 N–H and O–H groups in total. The minimum absolute atomic E-state index is 0. The second-order valence-corrected chi connectivity index (χ2v) is 3.74. The Morgan fingerprint density at radius 2 is 2.19 bits per heavy atom. The first kappa shape index (κ1) is 12.9. The molecule has 0 spiro atoms. The molecule has 1 aromatic heterocycles. The molecule has 85 valence electrons. The van der Waals surface area contributed by atoms with Crippen molar-refractivity contribution in [3.63, 3.8) is 0 Å². The summed E-state index contributed by atoms with van der Waals surface area (Å²) in [6.07, 6.45) is 1.47. The van der Waals surface area contributed by atoms with Crippen LogP contribution < -0.4 is 0 Å². The normalized spacial score (nSPS) is 9.81. The molecular weight excluding hydrogens is 328 g/mol. The predicted molar refractivity (Wildman–Crippen MR) is 57.8 cm³/mol. The fourth-order valence-corrected chi connectivity index (χ4v) is 1.85. The predicted octanol–water partition coefficient (Wildman–Crippen LogP) is 2.61. The van der Waals surface area contributed by atoms with Crippen LogP contribution in [0.3, 0.4) is 0 Å². The Hall–Kier alpha value is -1.17. The third-order valence-corrected chi connectivity index (χ3v) is 2.65. The smallest absolute Gasteiger partial charge is 0.501 e. The van der Waals surface area contributed by atoms with E-state index >= 15 is 0 Å². The van der Waals surface area contributed by atoms with E-state index in [4.69, 9.17) is 0 Å². The average Bonchev–Trinajstić information content (AvgIpc) is 2.23. The standard InChI is InChI=1S/C9H5BrN2O3.Cu/c10-6-4-7(12(14)15)9(13)8-5(6)2-1-3-11-8;/h1-4,13H;/q;+2. The number of nitrogens with zero attached hydrogens (tertiary/aromatic N) is 2. The molecule has 1 heterocycles. The zero-order valence-corrected chi connectivity index (χ0v) is 10.2. The van der Waals surface area contributed by atoms with Gasteiger partial charge in [0.2, 0.25) is 5.75 Å². The van der Waals surface area contributed by atoms with Crippen molar-refractivity contribution in [3.8, 4) is 5.75 Å². The van der Waals surface area contributed by atoms with Gasteiger partial charge in [0.25, 0.3) is 0 Å². The van der Waals surface area contributed by atoms with E-state index in [-0.39, 0.29) is 28.3 Å². The van der Waals surface area contributed by atoms with Crippen LogP contribution in [-0.4, -0.2) is 15.0 Å². The van der Waals surface area contributed by atoms with Crippen LogP contribution in [0.15, 0.2) is 28.9 Å². The van der Waals surface area contributed by atoms with Gasteiger partial charge >= 0.3 is 22.8 Å². The summed E-state index contributed by atoms with van der Waals surface area (Å²) in [5.41, 5.74) is -0.133. The van der Waals surface area contributed by atoms with Gasteiger partial charge in [0.15, 0.2) is 0 Å². The van der Waals surface area contributed by atoms with Crippen LogP contribution >= 0.6 is 15.9 Å². The number of benzene rings is 1. The molecule has 1 radical (unpaired) electrons. The summed E-state index contributed by atoms with van der Waals surface area (Å²) < 4.78 is 0.537. The number of phenolic OH excluding ortho intramolecular Hbond substituents is 1. The van der Waals surface area contributed by atoms with Gasteiger partial charge in [0.05, 0.1) is 4.92 Å². The summed E-state index contributed by atoms with van der Waals surface area (Å²) in [5.74, 6) is -0.404. The Morgan fingerprint density at radius 3 is 2.81 bits per heavy atom. The molecule has 0 aliphatic carbocycles. The third-order valence-electron chi connectivity index (χ3n) is 1.99. The van der Waals surface area contributed by atoms with Crippen LogP contribution in [0.4, 0.5) is 5.69 Å². The number of halogens is 1. The molecule has 0 saturated heterocycles. The molecule has 2 rings (SSSR count). The second-order valence-electron chi connectivity index (χ2n) is 2.88. The van der Waals surface area contributed by atoms with Gasteiger partial charge in [-0.05, 0) is 28.1 Å². The number of phenols is 1. The van der Waals surface area contributed by atoms with Gasteiger partial charge in [0, 0.05) is 22.1 Å². The van der Waals surface area contributed by atoms with E-state index in [0.717, 1.165) is 0 Å². The van der Waals surface area contributed by atoms with E-state index in [1.807, 2.05) is 0 Å². The van der Waals surface area contributed by atoms with Gasteiger partial charge in [-0.3, -0.25) is 15.1 Å². The second kappa shape index (κ2) is 4.78. The number of rotatable bonds is 1. The van der Waals surface area contributed by atoms with Gasteiger partial charge in [-0.2, -0.15) is 0 Å². The number of fused-ring (bicyclic) bond motifs is 1. The summed E-state index contributed by atoms with van der Waals surface area (Å²) in [6.45, 7) is 0. The van der Waals surface area contributed by atoms with Gasteiger partial charge < -0.3 is 5.11 Å². The Morgan fingerprint density at radius 1 is 1.50 bits per heavy atom. The maximum Gasteiger partial charge on any atom is 2.00 e. The molecule has 0 fully saturated rings. The van der Waals surface area contributed by atoms with Crippen molar-refractivity contribution in [2.45, 2.75) is 0 Å². The average molecular weight is 333 g/mol. The fraction of sp³-hybridized carbons (Fsp3) is 0. The quantitative estimate of drug-likeness (QED) is 0.495. The van der Waals surface area contributed by atoms with Crippen LogP contribution in [-0.2, 0) is 17.1 Å². The molecule has 0 unspecified atom stereocenters. The zero-order chi connectivity index (χ0) is 11.0. The number of hydrogen-bond acceptors (Lipinski definition) is 4.